The molecule has 2 aliphatic rings. The van der Waals surface area contributed by atoms with Gasteiger partial charge in [-0.1, -0.05) is 6.42 Å². The first-order valence-electron chi connectivity index (χ1n) is 3.13. The van der Waals surface area contributed by atoms with Crippen molar-refractivity contribution in [1.29, 1.82) is 0 Å². The first kappa shape index (κ1) is 4.14. The molecular formula is C7H8N+. The Kier molecular flexibility index (Phi) is 0.700. The van der Waals surface area contributed by atoms with E-state index in [1.807, 2.05) is 6.20 Å². The standard InChI is InChI=1S/C7H8N/c1-2-6(3-1)7-4-8-5-7/h4,6H,1-3H2/q+1. The summed E-state index contributed by atoms with van der Waals surface area (Å²) in [6.45, 7) is 0. The molecule has 1 nitrogen and oxygen atoms in total. The minimum atomic E-state index is 0.840. The zero-order chi connectivity index (χ0) is 5.40. The van der Waals surface area contributed by atoms with Gasteiger partial charge in [-0.2, -0.15) is 0 Å². The van der Waals surface area contributed by atoms with Crippen LogP contribution in [0, 0.1) is 12.0 Å². The summed E-state index contributed by atoms with van der Waals surface area (Å²) in [5.74, 6) is 0.840. The van der Waals surface area contributed by atoms with Crippen LogP contribution in [0.25, 0.3) is 4.85 Å². The second kappa shape index (κ2) is 1.35. The van der Waals surface area contributed by atoms with E-state index in [0.29, 0.717) is 0 Å². The molecule has 0 aromatic rings. The Bertz CT molecular complexity index is 188. The third-order valence-corrected chi connectivity index (χ3v) is 1.94. The van der Waals surface area contributed by atoms with E-state index in [4.69, 9.17) is 0 Å². The van der Waals surface area contributed by atoms with E-state index in [2.05, 4.69) is 10.9 Å². The van der Waals surface area contributed by atoms with Crippen LogP contribution in [0.5, 0.6) is 0 Å². The number of nitrogens with zero attached hydrogens (tertiary/aromatic N) is 1. The van der Waals surface area contributed by atoms with E-state index in [0.717, 1.165) is 5.92 Å². The van der Waals surface area contributed by atoms with Gasteiger partial charge in [-0.25, -0.2) is 0 Å². The average Bonchev–Trinajstić information content (AvgIpc) is 1.47. The highest BCUT2D eigenvalue weighted by Gasteiger charge is 2.29. The molecule has 1 saturated carbocycles. The van der Waals surface area contributed by atoms with Crippen LogP contribution in [0.2, 0.25) is 0 Å². The van der Waals surface area contributed by atoms with Gasteiger partial charge in [-0.05, 0) is 17.7 Å². The van der Waals surface area contributed by atoms with Crippen LogP contribution in [0.15, 0.2) is 11.8 Å². The average molecular weight is 106 g/mol. The summed E-state index contributed by atoms with van der Waals surface area (Å²) in [5.41, 5.74) is 1.36. The van der Waals surface area contributed by atoms with Gasteiger partial charge in [0, 0.05) is 5.92 Å². The largest absolute Gasteiger partial charge is 0.324 e. The molecule has 40 valence electrons. The second-order valence-corrected chi connectivity index (χ2v) is 2.45. The van der Waals surface area contributed by atoms with Crippen LogP contribution in [-0.2, 0) is 0 Å². The van der Waals surface area contributed by atoms with Crippen molar-refractivity contribution < 1.29 is 0 Å². The van der Waals surface area contributed by atoms with E-state index in [9.17, 15) is 0 Å². The topological polar surface area (TPSA) is 4.36 Å². The zero-order valence-corrected chi connectivity index (χ0v) is 4.72. The molecule has 0 amide bonds. The van der Waals surface area contributed by atoms with Crippen molar-refractivity contribution in [3.8, 4) is 6.07 Å². The SMILES string of the molecule is C1#[N+]C=C1C1CCC1. The van der Waals surface area contributed by atoms with Crippen molar-refractivity contribution in [2.45, 2.75) is 19.3 Å². The van der Waals surface area contributed by atoms with E-state index in [-0.39, 0.29) is 0 Å². The maximum absolute atomic E-state index is 3.79. The monoisotopic (exact) mass is 106 g/mol. The zero-order valence-electron chi connectivity index (χ0n) is 4.72. The molecule has 0 atom stereocenters. The third kappa shape index (κ3) is 0.403. The third-order valence-electron chi connectivity index (χ3n) is 1.94. The molecule has 1 fully saturated rings. The van der Waals surface area contributed by atoms with Crippen LogP contribution in [0.4, 0.5) is 0 Å². The molecule has 0 aromatic carbocycles. The molecule has 0 bridgehead atoms. The van der Waals surface area contributed by atoms with E-state index >= 15 is 0 Å². The van der Waals surface area contributed by atoms with Crippen molar-refractivity contribution >= 4 is 0 Å². The summed E-state index contributed by atoms with van der Waals surface area (Å²) < 4.78 is 0. The van der Waals surface area contributed by atoms with Crippen LogP contribution in [0.3, 0.4) is 0 Å². The Morgan fingerprint density at radius 1 is 1.62 bits per heavy atom. The quantitative estimate of drug-likeness (QED) is 0.481. The summed E-state index contributed by atoms with van der Waals surface area (Å²) in [4.78, 5) is 3.79. The Morgan fingerprint density at radius 2 is 2.38 bits per heavy atom. The summed E-state index contributed by atoms with van der Waals surface area (Å²) in [5, 5.41) is 0. The molecule has 1 aliphatic carbocycles. The van der Waals surface area contributed by atoms with Gasteiger partial charge in [0.1, 0.15) is 0 Å². The van der Waals surface area contributed by atoms with Gasteiger partial charge in [0.2, 0.25) is 0 Å². The van der Waals surface area contributed by atoms with Gasteiger partial charge in [0.15, 0.2) is 5.57 Å². The van der Waals surface area contributed by atoms with Crippen molar-refractivity contribution in [2.24, 2.45) is 5.92 Å². The van der Waals surface area contributed by atoms with Crippen LogP contribution < -0.4 is 0 Å². The van der Waals surface area contributed by atoms with Crippen molar-refractivity contribution in [2.75, 3.05) is 0 Å². The van der Waals surface area contributed by atoms with Gasteiger partial charge in [0.05, 0.1) is 0 Å². The van der Waals surface area contributed by atoms with E-state index in [1.165, 1.54) is 24.8 Å². The normalized spacial score (nSPS) is 24.2. The highest BCUT2D eigenvalue weighted by Crippen LogP contribution is 2.34. The molecule has 1 heterocycles. The van der Waals surface area contributed by atoms with Gasteiger partial charge in [0.25, 0.3) is 0 Å². The molecule has 0 unspecified atom stereocenters. The maximum atomic E-state index is 3.79. The summed E-state index contributed by atoms with van der Waals surface area (Å²) in [6, 6.07) is 2.93. The lowest BCUT2D eigenvalue weighted by atomic mass is 9.80. The minimum absolute atomic E-state index is 0.840. The van der Waals surface area contributed by atoms with Crippen molar-refractivity contribution in [1.82, 2.24) is 0 Å². The molecule has 2 rings (SSSR count). The predicted molar refractivity (Wildman–Crippen MR) is 32.7 cm³/mol. The van der Waals surface area contributed by atoms with Crippen LogP contribution >= 0.6 is 0 Å². The van der Waals surface area contributed by atoms with Gasteiger partial charge in [-0.3, -0.25) is 0 Å². The van der Waals surface area contributed by atoms with E-state index < -0.39 is 0 Å². The molecule has 0 spiro atoms. The molecule has 0 radical (unpaired) electrons. The molecule has 0 aromatic heterocycles. The number of allylic oxidation sites excluding steroid dienone is 1. The number of rotatable bonds is 1. The van der Waals surface area contributed by atoms with Crippen molar-refractivity contribution in [3.05, 3.63) is 16.6 Å². The predicted octanol–water partition coefficient (Wildman–Crippen LogP) is 2.02. The fourth-order valence-electron chi connectivity index (χ4n) is 1.06. The summed E-state index contributed by atoms with van der Waals surface area (Å²) >= 11 is 0. The highest BCUT2D eigenvalue weighted by atomic mass is 14.7. The van der Waals surface area contributed by atoms with Gasteiger partial charge in [-0.15, -0.1) is 0 Å². The molecule has 8 heavy (non-hydrogen) atoms. The number of hydrogen-bond acceptors (Lipinski definition) is 0. The first-order valence-corrected chi connectivity index (χ1v) is 3.13. The molecular weight excluding hydrogens is 98.1 g/mol. The molecule has 1 aliphatic heterocycles. The Hall–Kier alpha value is -0.770. The number of hydrogen-bond donors (Lipinski definition) is 0. The lowest BCUT2D eigenvalue weighted by molar-refractivity contribution is 0.375. The smallest absolute Gasteiger partial charge is 0.0521 e. The Labute approximate surface area is 48.8 Å². The molecule has 1 heteroatoms. The summed E-state index contributed by atoms with van der Waals surface area (Å²) in [6.07, 6.45) is 6.08. The Balaban J connectivity index is 2.01. The lowest BCUT2D eigenvalue weighted by Crippen LogP contribution is -2.13. The fraction of sp³-hybridized carbons (Fsp3) is 0.571. The first-order chi connectivity index (χ1) is 3.97. The second-order valence-electron chi connectivity index (χ2n) is 2.45. The van der Waals surface area contributed by atoms with Crippen LogP contribution in [0.1, 0.15) is 19.3 Å². The van der Waals surface area contributed by atoms with Crippen molar-refractivity contribution in [3.63, 3.8) is 0 Å². The highest BCUT2D eigenvalue weighted by molar-refractivity contribution is 5.39. The summed E-state index contributed by atoms with van der Waals surface area (Å²) in [7, 11) is 0. The minimum Gasteiger partial charge on any atom is -0.0521 e. The Morgan fingerprint density at radius 3 is 2.50 bits per heavy atom. The van der Waals surface area contributed by atoms with E-state index in [1.54, 1.807) is 0 Å². The van der Waals surface area contributed by atoms with Crippen LogP contribution in [-0.4, -0.2) is 0 Å². The maximum Gasteiger partial charge on any atom is 0.324 e. The molecule has 0 saturated heterocycles. The van der Waals surface area contributed by atoms with Gasteiger partial charge >= 0.3 is 12.3 Å². The van der Waals surface area contributed by atoms with Gasteiger partial charge < -0.3 is 0 Å². The lowest BCUT2D eigenvalue weighted by Gasteiger charge is -2.21. The fourth-order valence-corrected chi connectivity index (χ4v) is 1.06. The molecule has 0 N–H and O–H groups in total.